The van der Waals surface area contributed by atoms with Gasteiger partial charge in [0.15, 0.2) is 5.65 Å². The predicted octanol–water partition coefficient (Wildman–Crippen LogP) is 3.75. The molecule has 0 radical (unpaired) electrons. The Morgan fingerprint density at radius 3 is 2.91 bits per heavy atom. The number of anilines is 2. The fraction of sp³-hybridized carbons (Fsp3) is 0.458. The Bertz CT molecular complexity index is 1230. The van der Waals surface area contributed by atoms with Crippen LogP contribution in [0.5, 0.6) is 0 Å². The average Bonchev–Trinajstić information content (AvgIpc) is 3.41. The third kappa shape index (κ3) is 3.90. The lowest BCUT2D eigenvalue weighted by Crippen LogP contribution is -2.34. The molecule has 1 saturated carbocycles. The van der Waals surface area contributed by atoms with Crippen molar-refractivity contribution < 1.29 is 5.11 Å². The van der Waals surface area contributed by atoms with Gasteiger partial charge in [0, 0.05) is 43.8 Å². The Morgan fingerprint density at radius 2 is 2.06 bits per heavy atom. The summed E-state index contributed by atoms with van der Waals surface area (Å²) in [7, 11) is 2.01. The smallest absolute Gasteiger partial charge is 0.162 e. The predicted molar refractivity (Wildman–Crippen MR) is 127 cm³/mol. The van der Waals surface area contributed by atoms with E-state index in [9.17, 15) is 5.11 Å². The number of fused-ring (bicyclic) bond motifs is 2. The lowest BCUT2D eigenvalue weighted by molar-refractivity contribution is 0.178. The molecule has 0 amide bonds. The molecule has 5 rings (SSSR count). The normalized spacial score (nSPS) is 19.0. The lowest BCUT2D eigenvalue weighted by atomic mass is 9.85. The maximum absolute atomic E-state index is 9.81. The first kappa shape index (κ1) is 20.8. The minimum atomic E-state index is 0.216. The van der Waals surface area contributed by atoms with Crippen molar-refractivity contribution in [3.8, 4) is 0 Å². The van der Waals surface area contributed by atoms with E-state index < -0.39 is 0 Å². The Morgan fingerprint density at radius 1 is 1.19 bits per heavy atom. The molecular formula is C24H31N7O. The van der Waals surface area contributed by atoms with Gasteiger partial charge in [0.05, 0.1) is 23.6 Å². The first-order valence-electron chi connectivity index (χ1n) is 11.5. The number of nitrogens with zero attached hydrogens (tertiary/aromatic N) is 5. The molecule has 0 saturated heterocycles. The fourth-order valence-corrected chi connectivity index (χ4v) is 4.75. The lowest BCUT2D eigenvalue weighted by Gasteiger charge is -2.31. The summed E-state index contributed by atoms with van der Waals surface area (Å²) in [5.74, 6) is 2.01. The van der Waals surface area contributed by atoms with Crippen molar-refractivity contribution in [3.63, 3.8) is 0 Å². The van der Waals surface area contributed by atoms with Gasteiger partial charge in [-0.25, -0.2) is 9.97 Å². The highest BCUT2D eigenvalue weighted by Crippen LogP contribution is 2.28. The van der Waals surface area contributed by atoms with E-state index in [1.807, 2.05) is 34.7 Å². The van der Waals surface area contributed by atoms with Gasteiger partial charge in [-0.15, -0.1) is 0 Å². The van der Waals surface area contributed by atoms with E-state index in [0.29, 0.717) is 6.54 Å². The zero-order valence-corrected chi connectivity index (χ0v) is 18.8. The number of aliphatic hydroxyl groups is 1. The van der Waals surface area contributed by atoms with Gasteiger partial charge in [-0.3, -0.25) is 0 Å². The van der Waals surface area contributed by atoms with Gasteiger partial charge in [-0.1, -0.05) is 25.8 Å². The zero-order valence-electron chi connectivity index (χ0n) is 18.8. The molecule has 2 atom stereocenters. The molecule has 1 fully saturated rings. The molecule has 3 aromatic heterocycles. The number of imidazole rings is 1. The SMILES string of the molecule is CCc1cnn2c(NCc3ccc4c(c3)ncn4C)cc(N[C@H]3CCCC[C@H]3CO)nc12. The van der Waals surface area contributed by atoms with Crippen LogP contribution in [0, 0.1) is 5.92 Å². The molecule has 0 unspecified atom stereocenters. The first-order chi connectivity index (χ1) is 15.7. The second-order valence-electron chi connectivity index (χ2n) is 8.80. The summed E-state index contributed by atoms with van der Waals surface area (Å²) in [4.78, 5) is 9.35. The van der Waals surface area contributed by atoms with E-state index in [-0.39, 0.29) is 18.6 Å². The maximum Gasteiger partial charge on any atom is 0.162 e. The van der Waals surface area contributed by atoms with E-state index in [1.165, 1.54) is 12.8 Å². The van der Waals surface area contributed by atoms with E-state index in [1.54, 1.807) is 0 Å². The van der Waals surface area contributed by atoms with Crippen molar-refractivity contribution >= 4 is 28.3 Å². The number of benzene rings is 1. The van der Waals surface area contributed by atoms with E-state index in [4.69, 9.17) is 4.98 Å². The first-order valence-corrected chi connectivity index (χ1v) is 11.5. The molecule has 3 N–H and O–H groups in total. The number of nitrogens with one attached hydrogen (secondary N) is 2. The van der Waals surface area contributed by atoms with Gasteiger partial charge in [-0.05, 0) is 37.0 Å². The fourth-order valence-electron chi connectivity index (χ4n) is 4.75. The monoisotopic (exact) mass is 433 g/mol. The Labute approximate surface area is 187 Å². The highest BCUT2D eigenvalue weighted by Gasteiger charge is 2.25. The van der Waals surface area contributed by atoms with Crippen LogP contribution in [0.4, 0.5) is 11.6 Å². The van der Waals surface area contributed by atoms with Crippen molar-refractivity contribution in [1.82, 2.24) is 24.1 Å². The number of aliphatic hydroxyl groups excluding tert-OH is 1. The molecule has 4 aromatic rings. The van der Waals surface area contributed by atoms with Gasteiger partial charge in [-0.2, -0.15) is 9.61 Å². The van der Waals surface area contributed by atoms with Crippen LogP contribution in [-0.2, 0) is 20.0 Å². The largest absolute Gasteiger partial charge is 0.396 e. The molecule has 1 aliphatic rings. The van der Waals surface area contributed by atoms with Gasteiger partial charge < -0.3 is 20.3 Å². The quantitative estimate of drug-likeness (QED) is 0.411. The molecule has 0 bridgehead atoms. The van der Waals surface area contributed by atoms with Crippen LogP contribution in [-0.4, -0.2) is 41.9 Å². The number of rotatable bonds is 7. The summed E-state index contributed by atoms with van der Waals surface area (Å²) >= 11 is 0. The minimum Gasteiger partial charge on any atom is -0.396 e. The summed E-state index contributed by atoms with van der Waals surface area (Å²) < 4.78 is 3.91. The summed E-state index contributed by atoms with van der Waals surface area (Å²) in [6, 6.07) is 8.63. The molecule has 0 spiro atoms. The van der Waals surface area contributed by atoms with Crippen LogP contribution in [0.15, 0.2) is 36.8 Å². The van der Waals surface area contributed by atoms with Gasteiger partial charge in [0.25, 0.3) is 0 Å². The summed E-state index contributed by atoms with van der Waals surface area (Å²) in [5.41, 5.74) is 5.27. The second-order valence-corrected chi connectivity index (χ2v) is 8.80. The molecule has 32 heavy (non-hydrogen) atoms. The van der Waals surface area contributed by atoms with Crippen LogP contribution in [0.3, 0.4) is 0 Å². The number of hydrogen-bond donors (Lipinski definition) is 3. The van der Waals surface area contributed by atoms with Crippen molar-refractivity contribution in [3.05, 3.63) is 47.9 Å². The van der Waals surface area contributed by atoms with Gasteiger partial charge in [0.2, 0.25) is 0 Å². The number of hydrogen-bond acceptors (Lipinski definition) is 6. The topological polar surface area (TPSA) is 92.3 Å². The van der Waals surface area contributed by atoms with E-state index >= 15 is 0 Å². The zero-order chi connectivity index (χ0) is 22.1. The molecule has 0 aliphatic heterocycles. The van der Waals surface area contributed by atoms with Crippen LogP contribution < -0.4 is 10.6 Å². The van der Waals surface area contributed by atoms with Crippen LogP contribution >= 0.6 is 0 Å². The highest BCUT2D eigenvalue weighted by molar-refractivity contribution is 5.76. The molecule has 168 valence electrons. The Hall–Kier alpha value is -3.13. The van der Waals surface area contributed by atoms with E-state index in [2.05, 4.69) is 45.8 Å². The highest BCUT2D eigenvalue weighted by atomic mass is 16.3. The molecule has 3 heterocycles. The summed E-state index contributed by atoms with van der Waals surface area (Å²) in [6.07, 6.45) is 9.10. The van der Waals surface area contributed by atoms with Crippen LogP contribution in [0.2, 0.25) is 0 Å². The number of aryl methyl sites for hydroxylation is 2. The Balaban J connectivity index is 1.43. The molecule has 8 heteroatoms. The minimum absolute atomic E-state index is 0.216. The number of aromatic nitrogens is 5. The summed E-state index contributed by atoms with van der Waals surface area (Å²) in [6.45, 7) is 3.00. The third-order valence-electron chi connectivity index (χ3n) is 6.67. The van der Waals surface area contributed by atoms with Crippen molar-refractivity contribution in [2.45, 2.75) is 51.6 Å². The second kappa shape index (κ2) is 8.78. The molecular weight excluding hydrogens is 402 g/mol. The average molecular weight is 434 g/mol. The van der Waals surface area contributed by atoms with Gasteiger partial charge in [0.1, 0.15) is 11.6 Å². The maximum atomic E-state index is 9.81. The summed E-state index contributed by atoms with van der Waals surface area (Å²) in [5, 5.41) is 21.6. The van der Waals surface area contributed by atoms with Crippen LogP contribution in [0.1, 0.15) is 43.7 Å². The van der Waals surface area contributed by atoms with Gasteiger partial charge >= 0.3 is 0 Å². The Kier molecular flexibility index (Phi) is 5.70. The molecule has 1 aliphatic carbocycles. The molecule has 1 aromatic carbocycles. The van der Waals surface area contributed by atoms with Crippen molar-refractivity contribution in [1.29, 1.82) is 0 Å². The van der Waals surface area contributed by atoms with Crippen LogP contribution in [0.25, 0.3) is 16.7 Å². The van der Waals surface area contributed by atoms with E-state index in [0.717, 1.165) is 58.7 Å². The van der Waals surface area contributed by atoms with Crippen molar-refractivity contribution in [2.75, 3.05) is 17.2 Å². The molecule has 8 nitrogen and oxygen atoms in total. The standard InChI is InChI=1S/C24H31N7O/c1-3-17-13-27-31-23(25-12-16-8-9-21-20(10-16)26-15-30(21)2)11-22(29-24(17)31)28-19-7-5-4-6-18(19)14-32/h8-11,13,15,18-19,25,32H,3-7,12,14H2,1-2H3,(H,28,29)/t18-,19-/m0/s1. The van der Waals surface area contributed by atoms with Crippen molar-refractivity contribution in [2.24, 2.45) is 13.0 Å². The third-order valence-corrected chi connectivity index (χ3v) is 6.67.